The number of hydrogen-bond acceptors (Lipinski definition) is 8. The van der Waals surface area contributed by atoms with Crippen molar-refractivity contribution in [2.24, 2.45) is 0 Å². The summed E-state index contributed by atoms with van der Waals surface area (Å²) in [4.78, 5) is 15.9. The van der Waals surface area contributed by atoms with Gasteiger partial charge in [0.05, 0.1) is 37.7 Å². The molecule has 1 saturated heterocycles. The second-order valence-corrected chi connectivity index (χ2v) is 9.82. The summed E-state index contributed by atoms with van der Waals surface area (Å²) >= 11 is 0. The highest BCUT2D eigenvalue weighted by molar-refractivity contribution is 5.97. The molecule has 1 amide bonds. The fourth-order valence-electron chi connectivity index (χ4n) is 5.43. The van der Waals surface area contributed by atoms with Crippen molar-refractivity contribution in [3.63, 3.8) is 0 Å². The van der Waals surface area contributed by atoms with Crippen LogP contribution in [0.5, 0.6) is 11.5 Å². The smallest absolute Gasteiger partial charge is 0.414 e. The number of rotatable bonds is 8. The number of amides is 1. The Morgan fingerprint density at radius 2 is 1.77 bits per heavy atom. The third-order valence-corrected chi connectivity index (χ3v) is 7.54. The SMILES string of the molecule is CCN(c1c(C#N)nnc2cc(-c3cc(-c4ccc(N5CCOC5=O)cc4OC)ccc3OC)ccc12)C1CC1. The Morgan fingerprint density at radius 3 is 2.45 bits per heavy atom. The average molecular weight is 536 g/mol. The van der Waals surface area contributed by atoms with Gasteiger partial charge in [-0.25, -0.2) is 4.79 Å². The highest BCUT2D eigenvalue weighted by Crippen LogP contribution is 2.41. The predicted molar refractivity (Wildman–Crippen MR) is 153 cm³/mol. The lowest BCUT2D eigenvalue weighted by Crippen LogP contribution is -2.26. The fourth-order valence-corrected chi connectivity index (χ4v) is 5.43. The molecule has 202 valence electrons. The number of fused-ring (bicyclic) bond motifs is 1. The van der Waals surface area contributed by atoms with Crippen molar-refractivity contribution < 1.29 is 19.0 Å². The molecular formula is C31H29N5O4. The van der Waals surface area contributed by atoms with E-state index in [1.807, 2.05) is 48.5 Å². The summed E-state index contributed by atoms with van der Waals surface area (Å²) in [5.74, 6) is 1.36. The van der Waals surface area contributed by atoms with Crippen LogP contribution in [0.4, 0.5) is 16.2 Å². The first-order valence-corrected chi connectivity index (χ1v) is 13.3. The minimum atomic E-state index is -0.356. The largest absolute Gasteiger partial charge is 0.496 e. The fraction of sp³-hybridized carbons (Fsp3) is 0.290. The number of carbonyl (C=O) groups excluding carboxylic acids is 1. The molecule has 40 heavy (non-hydrogen) atoms. The van der Waals surface area contributed by atoms with Gasteiger partial charge in [0.1, 0.15) is 24.2 Å². The number of methoxy groups -OCH3 is 2. The maximum absolute atomic E-state index is 12.1. The van der Waals surface area contributed by atoms with Crippen LogP contribution in [0, 0.1) is 11.3 Å². The topological polar surface area (TPSA) is 101 Å². The van der Waals surface area contributed by atoms with Gasteiger partial charge in [0.2, 0.25) is 0 Å². The van der Waals surface area contributed by atoms with Crippen molar-refractivity contribution in [2.45, 2.75) is 25.8 Å². The van der Waals surface area contributed by atoms with E-state index >= 15 is 0 Å². The maximum Gasteiger partial charge on any atom is 0.414 e. The third-order valence-electron chi connectivity index (χ3n) is 7.54. The number of ether oxygens (including phenoxy) is 3. The molecule has 6 rings (SSSR count). The van der Waals surface area contributed by atoms with E-state index in [0.29, 0.717) is 36.4 Å². The molecule has 1 saturated carbocycles. The molecule has 1 aliphatic carbocycles. The first kappa shape index (κ1) is 25.4. The van der Waals surface area contributed by atoms with Crippen LogP contribution >= 0.6 is 0 Å². The van der Waals surface area contributed by atoms with Crippen molar-refractivity contribution in [2.75, 3.05) is 43.7 Å². The van der Waals surface area contributed by atoms with Crippen LogP contribution in [0.15, 0.2) is 54.6 Å². The standard InChI is InChI=1S/C31H29N5O4/c1-4-35(21-7-8-21)30-24-10-5-20(16-26(24)33-34-27(30)18-32)25-15-19(6-12-28(25)38-2)23-11-9-22(17-29(23)39-3)36-13-14-40-31(36)37/h5-6,9-12,15-17,21H,4,7-8,13-14H2,1-3H3. The van der Waals surface area contributed by atoms with Gasteiger partial charge in [-0.3, -0.25) is 4.90 Å². The van der Waals surface area contributed by atoms with E-state index in [1.54, 1.807) is 19.1 Å². The highest BCUT2D eigenvalue weighted by atomic mass is 16.6. The molecule has 2 aliphatic rings. The van der Waals surface area contributed by atoms with Crippen molar-refractivity contribution >= 4 is 28.4 Å². The quantitative estimate of drug-likeness (QED) is 0.279. The van der Waals surface area contributed by atoms with Crippen LogP contribution in [-0.2, 0) is 4.74 Å². The van der Waals surface area contributed by atoms with E-state index in [9.17, 15) is 10.1 Å². The molecule has 3 aromatic carbocycles. The molecule has 9 heteroatoms. The minimum absolute atomic E-state index is 0.353. The molecule has 4 aromatic rings. The second kappa shape index (κ2) is 10.4. The first-order chi connectivity index (χ1) is 19.6. The summed E-state index contributed by atoms with van der Waals surface area (Å²) in [7, 11) is 3.27. The normalized spacial score (nSPS) is 14.7. The number of anilines is 2. The van der Waals surface area contributed by atoms with Gasteiger partial charge in [0.15, 0.2) is 5.69 Å². The number of nitrogens with zero attached hydrogens (tertiary/aromatic N) is 5. The van der Waals surface area contributed by atoms with Crippen LogP contribution in [0.3, 0.4) is 0 Å². The number of carbonyl (C=O) groups is 1. The Balaban J connectivity index is 1.43. The number of hydrogen-bond donors (Lipinski definition) is 0. The molecule has 1 aliphatic heterocycles. The number of nitriles is 1. The van der Waals surface area contributed by atoms with E-state index in [-0.39, 0.29) is 6.09 Å². The van der Waals surface area contributed by atoms with Crippen LogP contribution in [0.2, 0.25) is 0 Å². The zero-order valence-corrected chi connectivity index (χ0v) is 22.7. The number of benzene rings is 3. The zero-order chi connectivity index (χ0) is 27.8. The van der Waals surface area contributed by atoms with Crippen LogP contribution in [0.1, 0.15) is 25.5 Å². The second-order valence-electron chi connectivity index (χ2n) is 9.82. The molecule has 0 radical (unpaired) electrons. The molecule has 2 heterocycles. The Morgan fingerprint density at radius 1 is 1.00 bits per heavy atom. The molecular weight excluding hydrogens is 506 g/mol. The first-order valence-electron chi connectivity index (χ1n) is 13.3. The maximum atomic E-state index is 12.1. The Labute approximate surface area is 232 Å². The van der Waals surface area contributed by atoms with Crippen molar-refractivity contribution in [1.82, 2.24) is 10.2 Å². The minimum Gasteiger partial charge on any atom is -0.496 e. The monoisotopic (exact) mass is 535 g/mol. The zero-order valence-electron chi connectivity index (χ0n) is 22.7. The van der Waals surface area contributed by atoms with Gasteiger partial charge in [0.25, 0.3) is 0 Å². The van der Waals surface area contributed by atoms with Crippen molar-refractivity contribution in [3.05, 3.63) is 60.3 Å². The van der Waals surface area contributed by atoms with Gasteiger partial charge in [0, 0.05) is 35.2 Å². The van der Waals surface area contributed by atoms with E-state index < -0.39 is 0 Å². The van der Waals surface area contributed by atoms with Gasteiger partial charge in [-0.15, -0.1) is 10.2 Å². The van der Waals surface area contributed by atoms with E-state index in [2.05, 4.69) is 34.2 Å². The van der Waals surface area contributed by atoms with Crippen LogP contribution in [-0.4, -0.2) is 56.2 Å². The van der Waals surface area contributed by atoms with Crippen LogP contribution in [0.25, 0.3) is 33.2 Å². The Kier molecular flexibility index (Phi) is 6.60. The summed E-state index contributed by atoms with van der Waals surface area (Å²) in [6.07, 6.45) is 1.89. The summed E-state index contributed by atoms with van der Waals surface area (Å²) < 4.78 is 16.6. The van der Waals surface area contributed by atoms with Gasteiger partial charge in [-0.1, -0.05) is 12.1 Å². The summed E-state index contributed by atoms with van der Waals surface area (Å²) in [6, 6.07) is 20.4. The summed E-state index contributed by atoms with van der Waals surface area (Å²) in [5, 5.41) is 19.4. The average Bonchev–Trinajstić information content (AvgIpc) is 3.75. The van der Waals surface area contributed by atoms with Crippen molar-refractivity contribution in [3.8, 4) is 39.8 Å². The van der Waals surface area contributed by atoms with Gasteiger partial charge < -0.3 is 19.1 Å². The third kappa shape index (κ3) is 4.41. The highest BCUT2D eigenvalue weighted by Gasteiger charge is 2.31. The van der Waals surface area contributed by atoms with Gasteiger partial charge >= 0.3 is 6.09 Å². The van der Waals surface area contributed by atoms with E-state index in [1.165, 1.54) is 0 Å². The lowest BCUT2D eigenvalue weighted by molar-refractivity contribution is 0.181. The van der Waals surface area contributed by atoms with Gasteiger partial charge in [-0.2, -0.15) is 5.26 Å². The molecule has 0 N–H and O–H groups in total. The Bertz CT molecular complexity index is 1660. The predicted octanol–water partition coefficient (Wildman–Crippen LogP) is 5.80. The molecule has 9 nitrogen and oxygen atoms in total. The molecule has 1 aromatic heterocycles. The van der Waals surface area contributed by atoms with Gasteiger partial charge in [-0.05, 0) is 67.3 Å². The lowest BCUT2D eigenvalue weighted by Gasteiger charge is -2.24. The summed E-state index contributed by atoms with van der Waals surface area (Å²) in [5.41, 5.74) is 6.28. The molecule has 2 fully saturated rings. The van der Waals surface area contributed by atoms with E-state index in [0.717, 1.165) is 63.9 Å². The number of aromatic nitrogens is 2. The molecule has 0 atom stereocenters. The van der Waals surface area contributed by atoms with Crippen LogP contribution < -0.4 is 19.3 Å². The molecule has 0 spiro atoms. The Hall–Kier alpha value is -4.84. The van der Waals surface area contributed by atoms with Crippen molar-refractivity contribution in [1.29, 1.82) is 5.26 Å². The van der Waals surface area contributed by atoms with E-state index in [4.69, 9.17) is 14.2 Å². The number of cyclic esters (lactones) is 1. The summed E-state index contributed by atoms with van der Waals surface area (Å²) in [6.45, 7) is 3.79. The molecule has 0 unspecified atom stereocenters. The lowest BCUT2D eigenvalue weighted by atomic mass is 9.96. The molecule has 0 bridgehead atoms.